The number of esters is 1. The van der Waals surface area contributed by atoms with E-state index in [2.05, 4.69) is 4.74 Å². The Labute approximate surface area is 98.8 Å². The lowest BCUT2D eigenvalue weighted by Crippen LogP contribution is -2.04. The molecule has 0 radical (unpaired) electrons. The molecule has 0 atom stereocenters. The van der Waals surface area contributed by atoms with E-state index in [0.29, 0.717) is 6.07 Å². The standard InChI is InChI=1S/C12H6F4O2/c1-5(17)18-8-3-2-6-4-7(13)10(14)12(16)9(6)11(8)15/h2-4H,1H3. The van der Waals surface area contributed by atoms with Crippen molar-refractivity contribution >= 4 is 16.7 Å². The van der Waals surface area contributed by atoms with Crippen LogP contribution in [0.1, 0.15) is 6.92 Å². The van der Waals surface area contributed by atoms with Crippen LogP contribution in [0.5, 0.6) is 5.75 Å². The molecule has 0 N–H and O–H groups in total. The van der Waals surface area contributed by atoms with Gasteiger partial charge in [0.25, 0.3) is 0 Å². The Bertz CT molecular complexity index is 652. The summed E-state index contributed by atoms with van der Waals surface area (Å²) in [6.45, 7) is 1.03. The zero-order chi connectivity index (χ0) is 13.4. The zero-order valence-corrected chi connectivity index (χ0v) is 9.06. The van der Waals surface area contributed by atoms with E-state index in [9.17, 15) is 22.4 Å². The fraction of sp³-hybridized carbons (Fsp3) is 0.0833. The molecule has 0 spiro atoms. The van der Waals surface area contributed by atoms with Crippen molar-refractivity contribution in [3.8, 4) is 5.75 Å². The minimum Gasteiger partial charge on any atom is -0.424 e. The van der Waals surface area contributed by atoms with Crippen molar-refractivity contribution in [3.05, 3.63) is 41.5 Å². The van der Waals surface area contributed by atoms with Gasteiger partial charge < -0.3 is 4.74 Å². The van der Waals surface area contributed by atoms with E-state index >= 15 is 0 Å². The molecule has 0 bridgehead atoms. The van der Waals surface area contributed by atoms with E-state index in [-0.39, 0.29) is 5.39 Å². The molecule has 2 rings (SSSR count). The second-order valence-corrected chi connectivity index (χ2v) is 3.56. The van der Waals surface area contributed by atoms with Gasteiger partial charge in [-0.2, -0.15) is 0 Å². The molecule has 0 aromatic heterocycles. The van der Waals surface area contributed by atoms with Gasteiger partial charge >= 0.3 is 5.97 Å². The molecule has 0 heterocycles. The number of halogens is 4. The highest BCUT2D eigenvalue weighted by molar-refractivity contribution is 5.86. The van der Waals surface area contributed by atoms with Crippen molar-refractivity contribution in [2.24, 2.45) is 0 Å². The van der Waals surface area contributed by atoms with Gasteiger partial charge in [-0.1, -0.05) is 6.07 Å². The summed E-state index contributed by atoms with van der Waals surface area (Å²) in [6.07, 6.45) is 0. The van der Waals surface area contributed by atoms with Crippen LogP contribution in [0.2, 0.25) is 0 Å². The topological polar surface area (TPSA) is 26.3 Å². The van der Waals surface area contributed by atoms with E-state index < -0.39 is 40.4 Å². The monoisotopic (exact) mass is 258 g/mol. The Balaban J connectivity index is 2.77. The van der Waals surface area contributed by atoms with Crippen LogP contribution in [-0.4, -0.2) is 5.97 Å². The Morgan fingerprint density at radius 3 is 2.33 bits per heavy atom. The van der Waals surface area contributed by atoms with E-state index in [1.165, 1.54) is 0 Å². The van der Waals surface area contributed by atoms with Crippen molar-refractivity contribution in [2.45, 2.75) is 6.92 Å². The van der Waals surface area contributed by atoms with Gasteiger partial charge in [0.2, 0.25) is 0 Å². The summed E-state index contributed by atoms with van der Waals surface area (Å²) < 4.78 is 57.7. The molecule has 94 valence electrons. The van der Waals surface area contributed by atoms with Crippen molar-refractivity contribution in [1.82, 2.24) is 0 Å². The molecule has 2 nitrogen and oxygen atoms in total. The first-order valence-electron chi connectivity index (χ1n) is 4.86. The van der Waals surface area contributed by atoms with Gasteiger partial charge in [-0.15, -0.1) is 0 Å². The maximum absolute atomic E-state index is 13.8. The lowest BCUT2D eigenvalue weighted by Gasteiger charge is -2.07. The Kier molecular flexibility index (Phi) is 2.94. The molecule has 0 aliphatic heterocycles. The van der Waals surface area contributed by atoms with Crippen LogP contribution in [0, 0.1) is 23.3 Å². The molecule has 0 unspecified atom stereocenters. The average Bonchev–Trinajstić information content (AvgIpc) is 2.29. The second-order valence-electron chi connectivity index (χ2n) is 3.56. The fourth-order valence-electron chi connectivity index (χ4n) is 1.56. The first kappa shape index (κ1) is 12.3. The van der Waals surface area contributed by atoms with Gasteiger partial charge in [0.15, 0.2) is 29.0 Å². The van der Waals surface area contributed by atoms with E-state index in [1.54, 1.807) is 0 Å². The molecular weight excluding hydrogens is 252 g/mol. The largest absolute Gasteiger partial charge is 0.424 e. The lowest BCUT2D eigenvalue weighted by atomic mass is 10.1. The molecule has 0 amide bonds. The normalized spacial score (nSPS) is 10.7. The number of benzene rings is 2. The summed E-state index contributed by atoms with van der Waals surface area (Å²) in [7, 11) is 0. The molecule has 2 aromatic carbocycles. The SMILES string of the molecule is CC(=O)Oc1ccc2cc(F)c(F)c(F)c2c1F. The van der Waals surface area contributed by atoms with E-state index in [4.69, 9.17) is 0 Å². The molecule has 0 aliphatic rings. The van der Waals surface area contributed by atoms with E-state index in [0.717, 1.165) is 19.1 Å². The van der Waals surface area contributed by atoms with Gasteiger partial charge in [0.05, 0.1) is 5.39 Å². The van der Waals surface area contributed by atoms with Crippen molar-refractivity contribution in [1.29, 1.82) is 0 Å². The van der Waals surface area contributed by atoms with Crippen molar-refractivity contribution in [2.75, 3.05) is 0 Å². The Hall–Kier alpha value is -2.11. The first-order valence-corrected chi connectivity index (χ1v) is 4.86. The number of hydrogen-bond acceptors (Lipinski definition) is 2. The number of hydrogen-bond donors (Lipinski definition) is 0. The van der Waals surface area contributed by atoms with Crippen molar-refractivity contribution < 1.29 is 27.1 Å². The molecule has 0 fully saturated rings. The van der Waals surface area contributed by atoms with Crippen LogP contribution in [0.15, 0.2) is 18.2 Å². The molecule has 0 aliphatic carbocycles. The maximum atomic E-state index is 13.8. The third-order valence-electron chi connectivity index (χ3n) is 2.30. The van der Waals surface area contributed by atoms with Crippen molar-refractivity contribution in [3.63, 3.8) is 0 Å². The number of carbonyl (C=O) groups is 1. The highest BCUT2D eigenvalue weighted by Crippen LogP contribution is 2.30. The highest BCUT2D eigenvalue weighted by Gasteiger charge is 2.19. The number of ether oxygens (including phenoxy) is 1. The fourth-order valence-corrected chi connectivity index (χ4v) is 1.56. The maximum Gasteiger partial charge on any atom is 0.308 e. The third-order valence-corrected chi connectivity index (χ3v) is 2.30. The Morgan fingerprint density at radius 2 is 1.72 bits per heavy atom. The smallest absolute Gasteiger partial charge is 0.308 e. The van der Waals surface area contributed by atoms with Gasteiger partial charge in [0, 0.05) is 6.92 Å². The molecule has 0 saturated heterocycles. The molecule has 2 aromatic rings. The minimum absolute atomic E-state index is 0.167. The van der Waals surface area contributed by atoms with E-state index in [1.807, 2.05) is 0 Å². The predicted octanol–water partition coefficient (Wildman–Crippen LogP) is 3.32. The third kappa shape index (κ3) is 1.90. The summed E-state index contributed by atoms with van der Waals surface area (Å²) >= 11 is 0. The predicted molar refractivity (Wildman–Crippen MR) is 55.1 cm³/mol. The summed E-state index contributed by atoms with van der Waals surface area (Å²) in [4.78, 5) is 10.7. The van der Waals surface area contributed by atoms with Gasteiger partial charge in [0.1, 0.15) is 0 Å². The summed E-state index contributed by atoms with van der Waals surface area (Å²) in [6, 6.07) is 2.83. The second kappa shape index (κ2) is 4.29. The summed E-state index contributed by atoms with van der Waals surface area (Å²) in [5.74, 6) is -7.45. The molecular formula is C12H6F4O2. The number of carbonyl (C=O) groups excluding carboxylic acids is 1. The quantitative estimate of drug-likeness (QED) is 0.339. The minimum atomic E-state index is -1.78. The average molecular weight is 258 g/mol. The van der Waals surface area contributed by atoms with Crippen LogP contribution in [-0.2, 0) is 4.79 Å². The number of fused-ring (bicyclic) bond motifs is 1. The van der Waals surface area contributed by atoms with Crippen LogP contribution in [0.3, 0.4) is 0 Å². The molecule has 18 heavy (non-hydrogen) atoms. The van der Waals surface area contributed by atoms with Gasteiger partial charge in [-0.25, -0.2) is 17.6 Å². The van der Waals surface area contributed by atoms with Crippen LogP contribution in [0.4, 0.5) is 17.6 Å². The number of rotatable bonds is 1. The molecule has 0 saturated carbocycles. The van der Waals surface area contributed by atoms with Crippen LogP contribution in [0.25, 0.3) is 10.8 Å². The zero-order valence-electron chi connectivity index (χ0n) is 9.06. The summed E-state index contributed by atoms with van der Waals surface area (Å²) in [5, 5.41) is -0.924. The first-order chi connectivity index (χ1) is 8.41. The highest BCUT2D eigenvalue weighted by atomic mass is 19.2. The van der Waals surface area contributed by atoms with Crippen LogP contribution >= 0.6 is 0 Å². The van der Waals surface area contributed by atoms with Gasteiger partial charge in [-0.3, -0.25) is 4.79 Å². The van der Waals surface area contributed by atoms with Crippen LogP contribution < -0.4 is 4.74 Å². The lowest BCUT2D eigenvalue weighted by molar-refractivity contribution is -0.132. The Morgan fingerprint density at radius 1 is 1.06 bits per heavy atom. The summed E-state index contributed by atoms with van der Waals surface area (Å²) in [5.41, 5.74) is 0. The molecule has 6 heteroatoms. The van der Waals surface area contributed by atoms with Gasteiger partial charge in [-0.05, 0) is 17.5 Å².